The summed E-state index contributed by atoms with van der Waals surface area (Å²) in [5.41, 5.74) is 3.99. The maximum Gasteiger partial charge on any atom is 0.267 e. The number of nitrogens with zero attached hydrogens (tertiary/aromatic N) is 3. The van der Waals surface area contributed by atoms with Gasteiger partial charge in [-0.25, -0.2) is 14.5 Å². The maximum absolute atomic E-state index is 13.0. The van der Waals surface area contributed by atoms with E-state index >= 15 is 0 Å². The number of benzene rings is 2. The number of aryl methyl sites for hydroxylation is 3. The van der Waals surface area contributed by atoms with Crippen LogP contribution in [0.4, 0.5) is 0 Å². The molecule has 0 saturated heterocycles. The van der Waals surface area contributed by atoms with Crippen LogP contribution in [0.2, 0.25) is 0 Å². The summed E-state index contributed by atoms with van der Waals surface area (Å²) in [5.74, 6) is 0.743. The average molecular weight is 335 g/mol. The molecule has 120 valence electrons. The van der Waals surface area contributed by atoms with Crippen molar-refractivity contribution >= 4 is 32.5 Å². The highest BCUT2D eigenvalue weighted by Gasteiger charge is 2.15. The van der Waals surface area contributed by atoms with E-state index < -0.39 is 0 Å². The molecule has 0 N–H and O–H groups in total. The van der Waals surface area contributed by atoms with Crippen molar-refractivity contribution in [2.24, 2.45) is 0 Å². The number of fused-ring (bicyclic) bond motifs is 2. The predicted octanol–water partition coefficient (Wildman–Crippen LogP) is 4.17. The monoisotopic (exact) mass is 335 g/mol. The van der Waals surface area contributed by atoms with Gasteiger partial charge in [0.2, 0.25) is 0 Å². The quantitative estimate of drug-likeness (QED) is 0.552. The van der Waals surface area contributed by atoms with Gasteiger partial charge in [-0.05, 0) is 43.2 Å². The van der Waals surface area contributed by atoms with Gasteiger partial charge in [0.25, 0.3) is 5.56 Å². The summed E-state index contributed by atoms with van der Waals surface area (Å²) in [4.78, 5) is 22.4. The first-order valence-corrected chi connectivity index (χ1v) is 8.79. The van der Waals surface area contributed by atoms with Crippen LogP contribution in [0.1, 0.15) is 23.9 Å². The largest absolute Gasteiger partial charge is 0.268 e. The fourth-order valence-electron chi connectivity index (χ4n) is 3.07. The van der Waals surface area contributed by atoms with Gasteiger partial charge in [-0.1, -0.05) is 36.5 Å². The van der Waals surface area contributed by atoms with Crippen molar-refractivity contribution < 1.29 is 0 Å². The van der Waals surface area contributed by atoms with Crippen LogP contribution in [-0.2, 0) is 6.42 Å². The van der Waals surface area contributed by atoms with Crippen molar-refractivity contribution in [2.45, 2.75) is 27.2 Å². The van der Waals surface area contributed by atoms with E-state index in [9.17, 15) is 4.79 Å². The van der Waals surface area contributed by atoms with E-state index in [-0.39, 0.29) is 5.56 Å². The second kappa shape index (κ2) is 5.53. The zero-order chi connectivity index (χ0) is 16.8. The Morgan fingerprint density at radius 1 is 1.12 bits per heavy atom. The van der Waals surface area contributed by atoms with Crippen molar-refractivity contribution in [1.82, 2.24) is 14.5 Å². The molecule has 2 aromatic heterocycles. The van der Waals surface area contributed by atoms with Gasteiger partial charge in [0, 0.05) is 6.42 Å². The van der Waals surface area contributed by atoms with Gasteiger partial charge < -0.3 is 0 Å². The molecule has 0 bridgehead atoms. The van der Waals surface area contributed by atoms with Crippen LogP contribution >= 0.6 is 11.3 Å². The molecule has 0 unspecified atom stereocenters. The molecule has 0 aliphatic heterocycles. The molecule has 24 heavy (non-hydrogen) atoms. The predicted molar refractivity (Wildman–Crippen MR) is 99.4 cm³/mol. The molecular formula is C19H17N3OS. The Bertz CT molecular complexity index is 1140. The number of thiazole rings is 1. The van der Waals surface area contributed by atoms with Crippen LogP contribution in [-0.4, -0.2) is 14.5 Å². The van der Waals surface area contributed by atoms with Gasteiger partial charge in [0.15, 0.2) is 5.13 Å². The van der Waals surface area contributed by atoms with E-state index in [2.05, 4.69) is 31.0 Å². The van der Waals surface area contributed by atoms with Crippen molar-refractivity contribution in [1.29, 1.82) is 0 Å². The van der Waals surface area contributed by atoms with Crippen molar-refractivity contribution in [3.05, 3.63) is 63.7 Å². The second-order valence-corrected chi connectivity index (χ2v) is 6.97. The molecule has 0 radical (unpaired) electrons. The number of rotatable bonds is 2. The number of hydrogen-bond acceptors (Lipinski definition) is 4. The van der Waals surface area contributed by atoms with Crippen LogP contribution < -0.4 is 5.56 Å². The average Bonchev–Trinajstić information content (AvgIpc) is 2.98. The lowest BCUT2D eigenvalue weighted by molar-refractivity contribution is 0.829. The second-order valence-electron chi connectivity index (χ2n) is 5.96. The van der Waals surface area contributed by atoms with Gasteiger partial charge in [-0.3, -0.25) is 4.79 Å². The first-order valence-electron chi connectivity index (χ1n) is 7.97. The van der Waals surface area contributed by atoms with Crippen LogP contribution in [0.25, 0.3) is 26.3 Å². The number of hydrogen-bond donors (Lipinski definition) is 0. The third-order valence-corrected chi connectivity index (χ3v) is 5.16. The molecule has 0 aliphatic rings. The zero-order valence-corrected chi connectivity index (χ0v) is 14.6. The molecule has 4 rings (SSSR count). The fraction of sp³-hybridized carbons (Fsp3) is 0.211. The van der Waals surface area contributed by atoms with E-state index in [1.807, 2.05) is 31.2 Å². The summed E-state index contributed by atoms with van der Waals surface area (Å²) in [6, 6.07) is 11.7. The lowest BCUT2D eigenvalue weighted by Gasteiger charge is -2.09. The van der Waals surface area contributed by atoms with E-state index in [0.29, 0.717) is 16.9 Å². The molecule has 5 heteroatoms. The Labute approximate surface area is 143 Å². The van der Waals surface area contributed by atoms with E-state index in [0.717, 1.165) is 27.1 Å². The van der Waals surface area contributed by atoms with Crippen molar-refractivity contribution in [3.8, 4) is 5.13 Å². The summed E-state index contributed by atoms with van der Waals surface area (Å²) >= 11 is 1.54. The Morgan fingerprint density at radius 3 is 2.71 bits per heavy atom. The first-order chi connectivity index (χ1) is 11.6. The minimum atomic E-state index is -0.0501. The Morgan fingerprint density at radius 2 is 1.92 bits per heavy atom. The number of aromatic nitrogens is 3. The van der Waals surface area contributed by atoms with Gasteiger partial charge in [0.1, 0.15) is 5.82 Å². The highest BCUT2D eigenvalue weighted by molar-refractivity contribution is 7.20. The van der Waals surface area contributed by atoms with Crippen LogP contribution in [0.3, 0.4) is 0 Å². The Kier molecular flexibility index (Phi) is 3.46. The topological polar surface area (TPSA) is 47.8 Å². The van der Waals surface area contributed by atoms with Crippen molar-refractivity contribution in [2.75, 3.05) is 0 Å². The third-order valence-electron chi connectivity index (χ3n) is 4.17. The van der Waals surface area contributed by atoms with E-state index in [1.165, 1.54) is 5.56 Å². The maximum atomic E-state index is 13.0. The molecule has 0 saturated carbocycles. The lowest BCUT2D eigenvalue weighted by Crippen LogP contribution is -2.23. The molecule has 0 fully saturated rings. The minimum Gasteiger partial charge on any atom is -0.268 e. The zero-order valence-electron chi connectivity index (χ0n) is 13.8. The highest BCUT2D eigenvalue weighted by Crippen LogP contribution is 2.28. The first kappa shape index (κ1) is 15.0. The summed E-state index contributed by atoms with van der Waals surface area (Å²) < 4.78 is 2.77. The van der Waals surface area contributed by atoms with Gasteiger partial charge in [-0.15, -0.1) is 0 Å². The lowest BCUT2D eigenvalue weighted by atomic mass is 10.1. The highest BCUT2D eigenvalue weighted by atomic mass is 32.1. The molecule has 4 nitrogen and oxygen atoms in total. The van der Waals surface area contributed by atoms with E-state index in [4.69, 9.17) is 4.98 Å². The molecular weight excluding hydrogens is 318 g/mol. The van der Waals surface area contributed by atoms with Gasteiger partial charge >= 0.3 is 0 Å². The molecule has 2 heterocycles. The third kappa shape index (κ3) is 2.24. The SMILES string of the molecule is CCc1nc2ccccc2c(=O)n1-c1nc2c(C)cc(C)cc2s1. The molecule has 2 aromatic carbocycles. The smallest absolute Gasteiger partial charge is 0.267 e. The number of para-hydroxylation sites is 1. The molecule has 0 atom stereocenters. The van der Waals surface area contributed by atoms with Crippen LogP contribution in [0.15, 0.2) is 41.2 Å². The Hall–Kier alpha value is -2.53. The van der Waals surface area contributed by atoms with E-state index in [1.54, 1.807) is 15.9 Å². The normalized spacial score (nSPS) is 11.5. The molecule has 0 amide bonds. The summed E-state index contributed by atoms with van der Waals surface area (Å²) in [7, 11) is 0. The summed E-state index contributed by atoms with van der Waals surface area (Å²) in [6.45, 7) is 6.14. The van der Waals surface area contributed by atoms with Gasteiger partial charge in [-0.2, -0.15) is 0 Å². The standard InChI is InChI=1S/C19H17N3OS/c1-4-16-20-14-8-6-5-7-13(14)18(23)22(16)19-21-17-12(3)9-11(2)10-15(17)24-19/h5-10H,4H2,1-3H3. The molecule has 0 spiro atoms. The minimum absolute atomic E-state index is 0.0501. The fourth-order valence-corrected chi connectivity index (χ4v) is 4.23. The summed E-state index contributed by atoms with van der Waals surface area (Å²) in [6.07, 6.45) is 0.675. The van der Waals surface area contributed by atoms with Gasteiger partial charge in [0.05, 0.1) is 21.1 Å². The van der Waals surface area contributed by atoms with Crippen LogP contribution in [0.5, 0.6) is 0 Å². The van der Waals surface area contributed by atoms with Crippen LogP contribution in [0, 0.1) is 13.8 Å². The molecule has 4 aromatic rings. The Balaban J connectivity index is 2.07. The summed E-state index contributed by atoms with van der Waals surface area (Å²) in [5, 5.41) is 1.32. The van der Waals surface area contributed by atoms with Crippen molar-refractivity contribution in [3.63, 3.8) is 0 Å². The molecule has 0 aliphatic carbocycles.